The maximum Gasteiger partial charge on any atom is 0.228 e. The monoisotopic (exact) mass is 323 g/mol. The lowest BCUT2D eigenvalue weighted by Gasteiger charge is -2.47. The molecule has 6 heteroatoms. The Bertz CT molecular complexity index is 458. The minimum absolute atomic E-state index is 0.0599. The number of aliphatic hydroxyl groups is 1. The Morgan fingerprint density at radius 1 is 1.13 bits per heavy atom. The van der Waals surface area contributed by atoms with Crippen molar-refractivity contribution >= 4 is 11.8 Å². The van der Waals surface area contributed by atoms with E-state index in [1.807, 2.05) is 0 Å². The van der Waals surface area contributed by atoms with Gasteiger partial charge in [-0.2, -0.15) is 0 Å². The molecule has 2 saturated heterocycles. The average molecular weight is 323 g/mol. The first-order valence-corrected chi connectivity index (χ1v) is 9.00. The molecule has 1 unspecified atom stereocenters. The highest BCUT2D eigenvalue weighted by Crippen LogP contribution is 2.31. The molecule has 0 aromatic heterocycles. The Labute approximate surface area is 138 Å². The fourth-order valence-electron chi connectivity index (χ4n) is 4.44. The zero-order valence-electron chi connectivity index (χ0n) is 13.9. The lowest BCUT2D eigenvalue weighted by molar-refractivity contribution is -0.151. The lowest BCUT2D eigenvalue weighted by Crippen LogP contribution is -2.60. The molecule has 2 heterocycles. The minimum Gasteiger partial charge on any atom is -0.388 e. The van der Waals surface area contributed by atoms with Gasteiger partial charge in [0, 0.05) is 32.2 Å². The van der Waals surface area contributed by atoms with Crippen molar-refractivity contribution in [1.29, 1.82) is 0 Å². The topological polar surface area (TPSA) is 86.9 Å². The van der Waals surface area contributed by atoms with E-state index in [4.69, 9.17) is 5.73 Å². The van der Waals surface area contributed by atoms with E-state index in [-0.39, 0.29) is 24.8 Å². The molecule has 2 aliphatic heterocycles. The Morgan fingerprint density at radius 2 is 1.83 bits per heavy atom. The van der Waals surface area contributed by atoms with Crippen molar-refractivity contribution in [3.8, 4) is 0 Å². The van der Waals surface area contributed by atoms with E-state index >= 15 is 0 Å². The van der Waals surface area contributed by atoms with Gasteiger partial charge in [-0.25, -0.2) is 0 Å². The maximum atomic E-state index is 12.7. The first-order chi connectivity index (χ1) is 11.0. The van der Waals surface area contributed by atoms with Crippen LogP contribution in [-0.2, 0) is 9.59 Å². The Kier molecular flexibility index (Phi) is 4.92. The summed E-state index contributed by atoms with van der Waals surface area (Å²) in [4.78, 5) is 28.0. The standard InChI is InChI=1S/C17H29N3O3/c18-15(21)9-17(23)7-4-8-19(12-17)16(22)13-10-20(11-13)14-5-2-1-3-6-14/h13-14,23H,1-12H2,(H2,18,21). The second kappa shape index (κ2) is 6.77. The van der Waals surface area contributed by atoms with E-state index in [2.05, 4.69) is 4.90 Å². The molecule has 23 heavy (non-hydrogen) atoms. The number of nitrogens with two attached hydrogens (primary N) is 1. The molecule has 3 aliphatic rings. The summed E-state index contributed by atoms with van der Waals surface area (Å²) in [7, 11) is 0. The van der Waals surface area contributed by atoms with Crippen molar-refractivity contribution in [2.24, 2.45) is 11.7 Å². The zero-order chi connectivity index (χ0) is 16.4. The molecule has 0 radical (unpaired) electrons. The van der Waals surface area contributed by atoms with Crippen LogP contribution in [0.1, 0.15) is 51.4 Å². The second-order valence-corrected chi connectivity index (χ2v) is 7.67. The van der Waals surface area contributed by atoms with Crippen molar-refractivity contribution in [3.63, 3.8) is 0 Å². The molecular formula is C17H29N3O3. The van der Waals surface area contributed by atoms with Gasteiger partial charge in [0.25, 0.3) is 0 Å². The largest absolute Gasteiger partial charge is 0.388 e. The highest BCUT2D eigenvalue weighted by molar-refractivity contribution is 5.81. The van der Waals surface area contributed by atoms with Gasteiger partial charge in [0.2, 0.25) is 11.8 Å². The summed E-state index contributed by atoms with van der Waals surface area (Å²) >= 11 is 0. The van der Waals surface area contributed by atoms with Gasteiger partial charge in [0.15, 0.2) is 0 Å². The van der Waals surface area contributed by atoms with E-state index in [1.54, 1.807) is 4.90 Å². The number of hydrogen-bond donors (Lipinski definition) is 2. The Morgan fingerprint density at radius 3 is 2.48 bits per heavy atom. The molecule has 3 N–H and O–H groups in total. The summed E-state index contributed by atoms with van der Waals surface area (Å²) in [5.74, 6) is -0.304. The summed E-state index contributed by atoms with van der Waals surface area (Å²) in [6.45, 7) is 2.64. The smallest absolute Gasteiger partial charge is 0.228 e. The van der Waals surface area contributed by atoms with Crippen LogP contribution in [0.2, 0.25) is 0 Å². The molecule has 1 saturated carbocycles. The van der Waals surface area contributed by atoms with Crippen LogP contribution in [0, 0.1) is 5.92 Å². The van der Waals surface area contributed by atoms with Gasteiger partial charge in [-0.05, 0) is 25.7 Å². The zero-order valence-corrected chi connectivity index (χ0v) is 13.9. The van der Waals surface area contributed by atoms with Gasteiger partial charge in [-0.15, -0.1) is 0 Å². The van der Waals surface area contributed by atoms with Crippen molar-refractivity contribution in [2.75, 3.05) is 26.2 Å². The van der Waals surface area contributed by atoms with E-state index < -0.39 is 11.5 Å². The molecule has 6 nitrogen and oxygen atoms in total. The minimum atomic E-state index is -1.13. The molecule has 0 aromatic rings. The van der Waals surface area contributed by atoms with Crippen LogP contribution in [0.3, 0.4) is 0 Å². The summed E-state index contributed by atoms with van der Waals surface area (Å²) in [5.41, 5.74) is 4.09. The predicted molar refractivity (Wildman–Crippen MR) is 86.5 cm³/mol. The molecule has 3 rings (SSSR count). The number of hydrogen-bond acceptors (Lipinski definition) is 4. The van der Waals surface area contributed by atoms with Crippen LogP contribution < -0.4 is 5.73 Å². The third-order valence-corrected chi connectivity index (χ3v) is 5.72. The molecule has 0 spiro atoms. The number of β-amino-alcohol motifs (C(OH)–C–C–N with tert-alkyl or cyclic N) is 1. The van der Waals surface area contributed by atoms with Crippen molar-refractivity contribution < 1.29 is 14.7 Å². The number of primary amides is 1. The van der Waals surface area contributed by atoms with Crippen LogP contribution in [0.15, 0.2) is 0 Å². The van der Waals surface area contributed by atoms with Crippen molar-refractivity contribution in [2.45, 2.75) is 63.0 Å². The number of carbonyl (C=O) groups excluding carboxylic acids is 2. The van der Waals surface area contributed by atoms with Crippen LogP contribution in [0.4, 0.5) is 0 Å². The Balaban J connectivity index is 1.50. The number of carbonyl (C=O) groups is 2. The van der Waals surface area contributed by atoms with Crippen molar-refractivity contribution in [3.05, 3.63) is 0 Å². The third-order valence-electron chi connectivity index (χ3n) is 5.72. The van der Waals surface area contributed by atoms with Gasteiger partial charge in [-0.3, -0.25) is 14.5 Å². The SMILES string of the molecule is NC(=O)CC1(O)CCCN(C(=O)C2CN(C3CCCCC3)C2)C1. The molecule has 3 fully saturated rings. The van der Waals surface area contributed by atoms with Crippen LogP contribution in [-0.4, -0.2) is 64.5 Å². The predicted octanol–water partition coefficient (Wildman–Crippen LogP) is 0.480. The number of nitrogens with zero attached hydrogens (tertiary/aromatic N) is 2. The van der Waals surface area contributed by atoms with Crippen LogP contribution in [0.5, 0.6) is 0 Å². The second-order valence-electron chi connectivity index (χ2n) is 7.67. The lowest BCUT2D eigenvalue weighted by atomic mass is 9.86. The van der Waals surface area contributed by atoms with Crippen LogP contribution in [0.25, 0.3) is 0 Å². The van der Waals surface area contributed by atoms with E-state index in [9.17, 15) is 14.7 Å². The number of amides is 2. The summed E-state index contributed by atoms with van der Waals surface area (Å²) < 4.78 is 0. The van der Waals surface area contributed by atoms with E-state index in [0.29, 0.717) is 19.0 Å². The molecule has 0 bridgehead atoms. The number of rotatable bonds is 4. The van der Waals surface area contributed by atoms with E-state index in [0.717, 1.165) is 19.5 Å². The molecule has 0 aromatic carbocycles. The molecule has 1 atom stereocenters. The normalized spacial score (nSPS) is 30.9. The first-order valence-electron chi connectivity index (χ1n) is 9.00. The van der Waals surface area contributed by atoms with Crippen molar-refractivity contribution in [1.82, 2.24) is 9.80 Å². The molecule has 2 amide bonds. The number of likely N-dealkylation sites (tertiary alicyclic amines) is 2. The molecule has 130 valence electrons. The highest BCUT2D eigenvalue weighted by Gasteiger charge is 2.42. The summed E-state index contributed by atoms with van der Waals surface area (Å²) in [6.07, 6.45) is 7.71. The fraction of sp³-hybridized carbons (Fsp3) is 0.882. The molecular weight excluding hydrogens is 294 g/mol. The van der Waals surface area contributed by atoms with Gasteiger partial charge < -0.3 is 15.7 Å². The highest BCUT2D eigenvalue weighted by atomic mass is 16.3. The fourth-order valence-corrected chi connectivity index (χ4v) is 4.44. The third kappa shape index (κ3) is 3.86. The number of piperidine rings is 1. The van der Waals surface area contributed by atoms with Crippen LogP contribution >= 0.6 is 0 Å². The maximum absolute atomic E-state index is 12.7. The van der Waals surface area contributed by atoms with Gasteiger partial charge in [-0.1, -0.05) is 19.3 Å². The van der Waals surface area contributed by atoms with Gasteiger partial charge >= 0.3 is 0 Å². The average Bonchev–Trinajstić information content (AvgIpc) is 2.45. The van der Waals surface area contributed by atoms with Gasteiger partial charge in [0.05, 0.1) is 17.9 Å². The Hall–Kier alpha value is -1.14. The quantitative estimate of drug-likeness (QED) is 0.788. The summed E-state index contributed by atoms with van der Waals surface area (Å²) in [5, 5.41) is 10.5. The summed E-state index contributed by atoms with van der Waals surface area (Å²) in [6, 6.07) is 0.668. The van der Waals surface area contributed by atoms with Gasteiger partial charge in [0.1, 0.15) is 0 Å². The first kappa shape index (κ1) is 16.7. The van der Waals surface area contributed by atoms with E-state index in [1.165, 1.54) is 32.1 Å². The molecule has 1 aliphatic carbocycles.